The molecule has 3 N–H and O–H groups in total. The molecule has 4 heterocycles. The summed E-state index contributed by atoms with van der Waals surface area (Å²) in [6.45, 7) is 4.30. The van der Waals surface area contributed by atoms with Gasteiger partial charge < -0.3 is 25.3 Å². The van der Waals surface area contributed by atoms with E-state index in [1.165, 1.54) is 16.7 Å². The van der Waals surface area contributed by atoms with Crippen LogP contribution in [0.5, 0.6) is 0 Å². The molecule has 10 nitrogen and oxygen atoms in total. The van der Waals surface area contributed by atoms with E-state index in [-0.39, 0.29) is 65.2 Å². The highest BCUT2D eigenvalue weighted by Crippen LogP contribution is 2.53. The smallest absolute Gasteiger partial charge is 0.353 e. The first-order valence-electron chi connectivity index (χ1n) is 10.8. The summed E-state index contributed by atoms with van der Waals surface area (Å²) in [6.07, 6.45) is 2.38. The van der Waals surface area contributed by atoms with Crippen LogP contribution in [0.2, 0.25) is 0 Å². The fourth-order valence-corrected chi connectivity index (χ4v) is 6.63. The quantitative estimate of drug-likeness (QED) is 0.472. The Bertz CT molecular complexity index is 932. The van der Waals surface area contributed by atoms with Crippen molar-refractivity contribution in [3.8, 4) is 0 Å². The molecule has 4 aliphatic rings. The lowest BCUT2D eigenvalue weighted by Gasteiger charge is -2.48. The van der Waals surface area contributed by atoms with E-state index >= 15 is 0 Å². The Balaban J connectivity index is 1.51. The van der Waals surface area contributed by atoms with Crippen LogP contribution in [0, 0.1) is 17.8 Å². The number of carboxylic acid groups (broad SMARTS) is 1. The van der Waals surface area contributed by atoms with Crippen LogP contribution in [-0.4, -0.2) is 88.4 Å². The number of nitrogens with one attached hydrogen (secondary N) is 1. The van der Waals surface area contributed by atoms with Crippen molar-refractivity contribution in [2.75, 3.05) is 27.2 Å². The zero-order valence-electron chi connectivity index (χ0n) is 18.6. The summed E-state index contributed by atoms with van der Waals surface area (Å²) in [7, 11) is 3.43. The van der Waals surface area contributed by atoms with Gasteiger partial charge in [-0.1, -0.05) is 13.8 Å². The van der Waals surface area contributed by atoms with Gasteiger partial charge in [-0.05, 0) is 18.4 Å². The Morgan fingerprint density at radius 3 is 2.72 bits per heavy atom. The molecule has 1 unspecified atom stereocenters. The van der Waals surface area contributed by atoms with Gasteiger partial charge in [0.15, 0.2) is 0 Å². The van der Waals surface area contributed by atoms with Crippen molar-refractivity contribution in [1.29, 1.82) is 0 Å². The zero-order valence-corrected chi connectivity index (χ0v) is 19.4. The highest BCUT2D eigenvalue weighted by atomic mass is 32.2. The number of hydrogen-bond donors (Lipinski definition) is 3. The maximum atomic E-state index is 13.1. The number of aliphatic carboxylic acids is 1. The average Bonchev–Trinajstić information content (AvgIpc) is 3.46. The van der Waals surface area contributed by atoms with Gasteiger partial charge in [-0.15, -0.1) is 11.8 Å². The summed E-state index contributed by atoms with van der Waals surface area (Å²) < 4.78 is 0. The number of amides is 2. The molecule has 0 aromatic rings. The maximum Gasteiger partial charge on any atom is 0.353 e. The van der Waals surface area contributed by atoms with Gasteiger partial charge >= 0.3 is 5.97 Å². The molecule has 2 fully saturated rings. The zero-order chi connectivity index (χ0) is 23.3. The van der Waals surface area contributed by atoms with Crippen LogP contribution >= 0.6 is 11.8 Å². The second-order valence-corrected chi connectivity index (χ2v) is 10.4. The summed E-state index contributed by atoms with van der Waals surface area (Å²) in [5, 5.41) is 30.6. The Morgan fingerprint density at radius 1 is 1.41 bits per heavy atom. The molecule has 174 valence electrons. The van der Waals surface area contributed by atoms with Crippen LogP contribution in [0.3, 0.4) is 0 Å². The lowest BCUT2D eigenvalue weighted by molar-refractivity contribution is -0.160. The van der Waals surface area contributed by atoms with E-state index in [0.29, 0.717) is 23.6 Å². The molecule has 0 aromatic heterocycles. The van der Waals surface area contributed by atoms with E-state index in [2.05, 4.69) is 15.5 Å². The summed E-state index contributed by atoms with van der Waals surface area (Å²) in [6, 6.07) is -0.816. The Morgan fingerprint density at radius 2 is 2.12 bits per heavy atom. The minimum Gasteiger partial charge on any atom is -0.477 e. The minimum absolute atomic E-state index is 0.00826. The van der Waals surface area contributed by atoms with Crippen LogP contribution in [0.1, 0.15) is 20.3 Å². The van der Waals surface area contributed by atoms with Gasteiger partial charge in [-0.25, -0.2) is 4.79 Å². The monoisotopic (exact) mass is 463 g/mol. The number of hydrogen-bond acceptors (Lipinski definition) is 8. The van der Waals surface area contributed by atoms with Crippen molar-refractivity contribution in [3.05, 3.63) is 22.4 Å². The number of aliphatic hydroxyl groups is 1. The molecule has 4 rings (SSSR count). The van der Waals surface area contributed by atoms with Crippen LogP contribution in [0.25, 0.3) is 0 Å². The maximum absolute atomic E-state index is 13.1. The number of β-lactam (4-membered cyclic amide) rings is 1. The summed E-state index contributed by atoms with van der Waals surface area (Å²) in [4.78, 5) is 41.2. The summed E-state index contributed by atoms with van der Waals surface area (Å²) in [5.41, 5.74) is 0.559. The van der Waals surface area contributed by atoms with Crippen LogP contribution < -0.4 is 5.32 Å². The molecule has 0 aliphatic carbocycles. The Labute approximate surface area is 190 Å². The summed E-state index contributed by atoms with van der Waals surface area (Å²) in [5.74, 6) is -1.94. The number of rotatable bonds is 7. The van der Waals surface area contributed by atoms with Gasteiger partial charge in [0.25, 0.3) is 0 Å². The molecule has 0 saturated carbocycles. The fraction of sp³-hybridized carbons (Fsp3) is 0.667. The standard InChI is InChI=1S/C21H29N5O5S/c1-9(13-5-11(8-27)23-24-13)15-16-10(2)18(17(21(30)31)26(16)20(15)29)32-12-6-14(22-7-12)19(28)25(3)4/h5,9-10,12-16,22,27H,6-8H2,1-4H3,(H,30,31)/t9-,10+,12-,13?,14-,15+,16+/m0/s1. The highest BCUT2D eigenvalue weighted by Gasteiger charge is 2.61. The lowest BCUT2D eigenvalue weighted by atomic mass is 9.72. The Hall–Kier alpha value is -2.24. The van der Waals surface area contributed by atoms with Crippen molar-refractivity contribution < 1.29 is 24.6 Å². The van der Waals surface area contributed by atoms with Crippen molar-refractivity contribution in [1.82, 2.24) is 15.1 Å². The van der Waals surface area contributed by atoms with Gasteiger partial charge in [0.05, 0.1) is 36.3 Å². The van der Waals surface area contributed by atoms with Gasteiger partial charge in [-0.3, -0.25) is 9.59 Å². The number of thioether (sulfide) groups is 1. The van der Waals surface area contributed by atoms with Crippen LogP contribution in [0.15, 0.2) is 32.6 Å². The number of aliphatic hydroxyl groups excluding tert-OH is 1. The van der Waals surface area contributed by atoms with Crippen molar-refractivity contribution in [2.24, 2.45) is 28.0 Å². The van der Waals surface area contributed by atoms with Crippen molar-refractivity contribution >= 4 is 29.5 Å². The molecular formula is C21H29N5O5S. The largest absolute Gasteiger partial charge is 0.477 e. The van der Waals surface area contributed by atoms with Gasteiger partial charge in [0, 0.05) is 36.7 Å². The molecule has 2 amide bonds. The molecule has 2 saturated heterocycles. The first-order valence-corrected chi connectivity index (χ1v) is 11.7. The Kier molecular flexibility index (Phi) is 6.17. The van der Waals surface area contributed by atoms with Gasteiger partial charge in [0.2, 0.25) is 11.8 Å². The average molecular weight is 464 g/mol. The molecule has 0 spiro atoms. The second kappa shape index (κ2) is 8.60. The van der Waals surface area contributed by atoms with E-state index < -0.39 is 5.97 Å². The lowest BCUT2D eigenvalue weighted by Crippen LogP contribution is -2.63. The van der Waals surface area contributed by atoms with Crippen molar-refractivity contribution in [3.63, 3.8) is 0 Å². The van der Waals surface area contributed by atoms with Gasteiger partial charge in [-0.2, -0.15) is 10.2 Å². The van der Waals surface area contributed by atoms with Crippen molar-refractivity contribution in [2.45, 2.75) is 43.6 Å². The van der Waals surface area contributed by atoms with E-state index in [4.69, 9.17) is 0 Å². The third kappa shape index (κ3) is 3.65. The third-order valence-electron chi connectivity index (χ3n) is 6.86. The molecule has 0 aromatic carbocycles. The first-order chi connectivity index (χ1) is 15.1. The predicted molar refractivity (Wildman–Crippen MR) is 117 cm³/mol. The number of fused-ring (bicyclic) bond motifs is 1. The minimum atomic E-state index is -1.10. The third-order valence-corrected chi connectivity index (χ3v) is 8.38. The first kappa shape index (κ1) is 22.9. The number of carboxylic acids is 1. The second-order valence-electron chi connectivity index (χ2n) is 9.08. The highest BCUT2D eigenvalue weighted by molar-refractivity contribution is 8.03. The molecule has 0 radical (unpaired) electrons. The number of carbonyl (C=O) groups is 3. The summed E-state index contributed by atoms with van der Waals surface area (Å²) >= 11 is 1.48. The van der Waals surface area contributed by atoms with E-state index in [0.717, 1.165) is 0 Å². The van der Waals surface area contributed by atoms with Crippen LogP contribution in [0.4, 0.5) is 0 Å². The molecular weight excluding hydrogens is 434 g/mol. The van der Waals surface area contributed by atoms with Gasteiger partial charge in [0.1, 0.15) is 5.70 Å². The number of likely N-dealkylation sites (N-methyl/N-ethyl adjacent to an activating group) is 1. The SMILES string of the molecule is C[C@H]1C(S[C@@H]2CN[C@H](C(=O)N(C)C)C2)=C(C(=O)O)N2C(=O)[C@H]([C@@H](C)C3C=C(CO)N=N3)[C@@H]12. The van der Waals surface area contributed by atoms with E-state index in [9.17, 15) is 24.6 Å². The number of nitrogens with zero attached hydrogens (tertiary/aromatic N) is 4. The van der Waals surface area contributed by atoms with E-state index in [1.54, 1.807) is 25.1 Å². The normalized spacial score (nSPS) is 34.5. The molecule has 0 bridgehead atoms. The molecule has 32 heavy (non-hydrogen) atoms. The molecule has 7 atom stereocenters. The fourth-order valence-electron chi connectivity index (χ4n) is 5.15. The molecule has 11 heteroatoms. The topological polar surface area (TPSA) is 135 Å². The number of azo groups is 1. The number of carbonyl (C=O) groups excluding carboxylic acids is 2. The molecule has 4 aliphatic heterocycles. The van der Waals surface area contributed by atoms with Crippen LogP contribution in [-0.2, 0) is 14.4 Å². The predicted octanol–water partition coefficient (Wildman–Crippen LogP) is 0.658. The van der Waals surface area contributed by atoms with E-state index in [1.807, 2.05) is 13.8 Å².